The van der Waals surface area contributed by atoms with Crippen molar-refractivity contribution in [1.82, 2.24) is 0 Å². The molecule has 3 nitrogen and oxygen atoms in total. The van der Waals surface area contributed by atoms with E-state index in [4.69, 9.17) is 4.74 Å². The Morgan fingerprint density at radius 3 is 3.20 bits per heavy atom. The number of cyclic esters (lactones) is 1. The second-order valence-electron chi connectivity index (χ2n) is 1.81. The fraction of sp³-hybridized carbons (Fsp3) is 0.167. The van der Waals surface area contributed by atoms with E-state index in [0.29, 0.717) is 10.6 Å². The number of hydrogen-bond acceptors (Lipinski definition) is 4. The van der Waals surface area contributed by atoms with Gasteiger partial charge in [-0.15, -0.1) is 11.3 Å². The molecule has 1 aliphatic rings. The molecule has 0 radical (unpaired) electrons. The third kappa shape index (κ3) is 0.690. The van der Waals surface area contributed by atoms with Crippen molar-refractivity contribution in [3.63, 3.8) is 0 Å². The summed E-state index contributed by atoms with van der Waals surface area (Å²) in [5.74, 6) is 0.359. The maximum Gasteiger partial charge on any atom is 0.355 e. The molecule has 0 unspecified atom stereocenters. The van der Waals surface area contributed by atoms with Gasteiger partial charge in [0.15, 0.2) is 4.88 Å². The lowest BCUT2D eigenvalue weighted by molar-refractivity contribution is 0.00610. The number of thiophene rings is 1. The van der Waals surface area contributed by atoms with E-state index in [1.54, 1.807) is 11.4 Å². The first-order chi connectivity index (χ1) is 4.88. The SMILES string of the molecule is O=C1OCOc2ccsc21. The van der Waals surface area contributed by atoms with E-state index in [9.17, 15) is 4.79 Å². The van der Waals surface area contributed by atoms with Crippen LogP contribution < -0.4 is 4.74 Å². The van der Waals surface area contributed by atoms with E-state index in [2.05, 4.69) is 4.74 Å². The third-order valence-electron chi connectivity index (χ3n) is 1.22. The van der Waals surface area contributed by atoms with Gasteiger partial charge in [-0.3, -0.25) is 0 Å². The minimum atomic E-state index is -0.281. The molecule has 4 heteroatoms. The lowest BCUT2D eigenvalue weighted by Gasteiger charge is -2.11. The Kier molecular flexibility index (Phi) is 1.14. The molecule has 52 valence electrons. The van der Waals surface area contributed by atoms with Gasteiger partial charge in [0, 0.05) is 0 Å². The van der Waals surface area contributed by atoms with Crippen molar-refractivity contribution < 1.29 is 14.3 Å². The van der Waals surface area contributed by atoms with E-state index in [1.807, 2.05) is 0 Å². The molecule has 0 N–H and O–H groups in total. The topological polar surface area (TPSA) is 35.5 Å². The highest BCUT2D eigenvalue weighted by atomic mass is 32.1. The van der Waals surface area contributed by atoms with E-state index < -0.39 is 0 Å². The second kappa shape index (κ2) is 1.98. The smallest absolute Gasteiger partial charge is 0.355 e. The maximum atomic E-state index is 10.9. The molecule has 0 atom stereocenters. The molecular formula is C6H4O3S. The van der Waals surface area contributed by atoms with Gasteiger partial charge in [0.25, 0.3) is 0 Å². The summed E-state index contributed by atoms with van der Waals surface area (Å²) >= 11 is 1.33. The van der Waals surface area contributed by atoms with Crippen LogP contribution in [-0.4, -0.2) is 12.8 Å². The summed E-state index contributed by atoms with van der Waals surface area (Å²) in [5.41, 5.74) is 0. The van der Waals surface area contributed by atoms with Crippen LogP contribution in [0.5, 0.6) is 5.75 Å². The predicted octanol–water partition coefficient (Wildman–Crippen LogP) is 1.25. The van der Waals surface area contributed by atoms with Crippen LogP contribution in [0.3, 0.4) is 0 Å². The molecule has 2 rings (SSSR count). The molecule has 0 saturated carbocycles. The Labute approximate surface area is 61.2 Å². The molecule has 1 aliphatic heterocycles. The first-order valence-electron chi connectivity index (χ1n) is 2.75. The summed E-state index contributed by atoms with van der Waals surface area (Å²) in [6.07, 6.45) is 0. The maximum absolute atomic E-state index is 10.9. The largest absolute Gasteiger partial charge is 0.456 e. The van der Waals surface area contributed by atoms with Crippen LogP contribution >= 0.6 is 11.3 Å². The number of esters is 1. The minimum Gasteiger partial charge on any atom is -0.456 e. The first-order valence-corrected chi connectivity index (χ1v) is 3.63. The van der Waals surface area contributed by atoms with Crippen LogP contribution in [0.15, 0.2) is 11.4 Å². The second-order valence-corrected chi connectivity index (χ2v) is 2.72. The number of carbonyl (C=O) groups is 1. The van der Waals surface area contributed by atoms with Gasteiger partial charge in [-0.1, -0.05) is 0 Å². The van der Waals surface area contributed by atoms with E-state index >= 15 is 0 Å². The van der Waals surface area contributed by atoms with Crippen LogP contribution in [-0.2, 0) is 4.74 Å². The number of fused-ring (bicyclic) bond motifs is 1. The van der Waals surface area contributed by atoms with Gasteiger partial charge in [-0.05, 0) is 11.4 Å². The van der Waals surface area contributed by atoms with Crippen LogP contribution in [0.2, 0.25) is 0 Å². The van der Waals surface area contributed by atoms with E-state index in [0.717, 1.165) is 0 Å². The Bertz CT molecular complexity index is 266. The van der Waals surface area contributed by atoms with Gasteiger partial charge in [0.2, 0.25) is 6.79 Å². The molecule has 0 aromatic carbocycles. The molecule has 0 aliphatic carbocycles. The number of carbonyl (C=O) groups excluding carboxylic acids is 1. The molecule has 0 spiro atoms. The minimum absolute atomic E-state index is 0.0442. The molecule has 0 fully saturated rings. The Morgan fingerprint density at radius 2 is 2.40 bits per heavy atom. The van der Waals surface area contributed by atoms with Gasteiger partial charge >= 0.3 is 5.97 Å². The zero-order chi connectivity index (χ0) is 6.97. The van der Waals surface area contributed by atoms with E-state index in [1.165, 1.54) is 11.3 Å². The number of rotatable bonds is 0. The summed E-state index contributed by atoms with van der Waals surface area (Å²) in [7, 11) is 0. The van der Waals surface area contributed by atoms with Crippen molar-refractivity contribution in [3.05, 3.63) is 16.3 Å². The third-order valence-corrected chi connectivity index (χ3v) is 2.09. The van der Waals surface area contributed by atoms with Crippen LogP contribution in [0, 0.1) is 0 Å². The lowest BCUT2D eigenvalue weighted by atomic mass is 10.4. The van der Waals surface area contributed by atoms with Gasteiger partial charge in [-0.2, -0.15) is 0 Å². The van der Waals surface area contributed by atoms with Crippen LogP contribution in [0.1, 0.15) is 9.67 Å². The van der Waals surface area contributed by atoms with Gasteiger partial charge in [0.1, 0.15) is 5.75 Å². The zero-order valence-corrected chi connectivity index (χ0v) is 5.81. The Hall–Kier alpha value is -1.03. The lowest BCUT2D eigenvalue weighted by Crippen LogP contribution is -2.15. The van der Waals surface area contributed by atoms with Crippen molar-refractivity contribution in [2.24, 2.45) is 0 Å². The van der Waals surface area contributed by atoms with Crippen molar-refractivity contribution in [2.75, 3.05) is 6.79 Å². The monoisotopic (exact) mass is 156 g/mol. The quantitative estimate of drug-likeness (QED) is 0.530. The summed E-state index contributed by atoms with van der Waals surface area (Å²) in [6, 6.07) is 1.76. The van der Waals surface area contributed by atoms with Crippen molar-refractivity contribution >= 4 is 17.3 Å². The molecule has 2 heterocycles. The summed E-state index contributed by atoms with van der Waals surface area (Å²) < 4.78 is 9.61. The number of hydrogen-bond donors (Lipinski definition) is 0. The fourth-order valence-corrected chi connectivity index (χ4v) is 1.50. The highest BCUT2D eigenvalue weighted by molar-refractivity contribution is 7.12. The molecule has 0 amide bonds. The molecule has 10 heavy (non-hydrogen) atoms. The standard InChI is InChI=1S/C6H4O3S/c7-6-5-4(1-2-10-5)8-3-9-6/h1-2H,3H2. The summed E-state index contributed by atoms with van der Waals surface area (Å²) in [6.45, 7) is 0.0442. The Balaban J connectivity index is 2.50. The summed E-state index contributed by atoms with van der Waals surface area (Å²) in [4.78, 5) is 11.4. The van der Waals surface area contributed by atoms with Gasteiger partial charge in [0.05, 0.1) is 0 Å². The van der Waals surface area contributed by atoms with Gasteiger partial charge < -0.3 is 9.47 Å². The average Bonchev–Trinajstić information content (AvgIpc) is 2.36. The first kappa shape index (κ1) is 5.73. The van der Waals surface area contributed by atoms with Crippen molar-refractivity contribution in [3.8, 4) is 5.75 Å². The summed E-state index contributed by atoms with van der Waals surface area (Å²) in [5, 5.41) is 1.80. The highest BCUT2D eigenvalue weighted by Gasteiger charge is 2.20. The van der Waals surface area contributed by atoms with Crippen LogP contribution in [0.25, 0.3) is 0 Å². The van der Waals surface area contributed by atoms with Crippen molar-refractivity contribution in [1.29, 1.82) is 0 Å². The average molecular weight is 156 g/mol. The molecule has 1 aromatic rings. The van der Waals surface area contributed by atoms with Gasteiger partial charge in [-0.25, -0.2) is 4.79 Å². The molecule has 0 bridgehead atoms. The highest BCUT2D eigenvalue weighted by Crippen LogP contribution is 2.28. The number of ether oxygens (including phenoxy) is 2. The zero-order valence-electron chi connectivity index (χ0n) is 4.99. The van der Waals surface area contributed by atoms with Crippen molar-refractivity contribution in [2.45, 2.75) is 0 Å². The predicted molar refractivity (Wildman–Crippen MR) is 35.2 cm³/mol. The molecular weight excluding hydrogens is 152 g/mol. The molecule has 1 aromatic heterocycles. The van der Waals surface area contributed by atoms with Crippen LogP contribution in [0.4, 0.5) is 0 Å². The fourth-order valence-electron chi connectivity index (χ4n) is 0.772. The van der Waals surface area contributed by atoms with E-state index in [-0.39, 0.29) is 12.8 Å². The molecule has 0 saturated heterocycles. The Morgan fingerprint density at radius 1 is 1.50 bits per heavy atom. The normalized spacial score (nSPS) is 15.4.